The zero-order valence-electron chi connectivity index (χ0n) is 14.2. The van der Waals surface area contributed by atoms with Gasteiger partial charge in [0.25, 0.3) is 0 Å². The van der Waals surface area contributed by atoms with Crippen molar-refractivity contribution in [3.05, 3.63) is 0 Å². The average molecular weight is 429 g/mol. The molecule has 7 heteroatoms. The summed E-state index contributed by atoms with van der Waals surface area (Å²) < 4.78 is 9.88. The van der Waals surface area contributed by atoms with Crippen LogP contribution in [-0.2, 0) is 14.3 Å². The lowest BCUT2D eigenvalue weighted by Crippen LogP contribution is -2.39. The van der Waals surface area contributed by atoms with E-state index in [1.165, 1.54) is 7.11 Å². The molecular weight excluding hydrogens is 397 g/mol. The Morgan fingerprint density at radius 1 is 1.09 bits per heavy atom. The molecule has 0 spiro atoms. The van der Waals surface area contributed by atoms with Crippen LogP contribution in [0.15, 0.2) is 4.99 Å². The van der Waals surface area contributed by atoms with E-state index in [9.17, 15) is 4.79 Å². The van der Waals surface area contributed by atoms with Gasteiger partial charge in [-0.2, -0.15) is 0 Å². The summed E-state index contributed by atoms with van der Waals surface area (Å²) in [5.74, 6) is 0.715. The monoisotopic (exact) mass is 429 g/mol. The van der Waals surface area contributed by atoms with E-state index in [1.807, 2.05) is 13.8 Å². The second kappa shape index (κ2) is 18.5. The van der Waals surface area contributed by atoms with E-state index in [4.69, 9.17) is 4.74 Å². The van der Waals surface area contributed by atoms with Gasteiger partial charge >= 0.3 is 5.97 Å². The number of esters is 1. The van der Waals surface area contributed by atoms with Crippen molar-refractivity contribution in [3.8, 4) is 0 Å². The summed E-state index contributed by atoms with van der Waals surface area (Å²) in [6.07, 6.45) is 4.56. The van der Waals surface area contributed by atoms with E-state index >= 15 is 0 Å². The smallest absolute Gasteiger partial charge is 0.305 e. The molecule has 132 valence electrons. The standard InChI is InChI=1S/C15H31N3O3.HI/c1-4-16-15(18-12-13-21-5-2)17-11-9-7-6-8-10-14(19)20-3;/h4-13H2,1-3H3,(H2,16,17,18);1H. The van der Waals surface area contributed by atoms with Crippen molar-refractivity contribution in [1.29, 1.82) is 0 Å². The van der Waals surface area contributed by atoms with Crippen molar-refractivity contribution in [2.75, 3.05) is 40.0 Å². The summed E-state index contributed by atoms with van der Waals surface area (Å²) in [6.45, 7) is 7.86. The van der Waals surface area contributed by atoms with Crippen LogP contribution in [0, 0.1) is 0 Å². The molecule has 0 rings (SSSR count). The van der Waals surface area contributed by atoms with Gasteiger partial charge in [-0.25, -0.2) is 0 Å². The van der Waals surface area contributed by atoms with Gasteiger partial charge in [0.15, 0.2) is 5.96 Å². The van der Waals surface area contributed by atoms with Gasteiger partial charge in [-0.3, -0.25) is 9.79 Å². The maximum absolute atomic E-state index is 10.9. The van der Waals surface area contributed by atoms with E-state index in [2.05, 4.69) is 20.4 Å². The Hall–Kier alpha value is -0.570. The quantitative estimate of drug-likeness (QED) is 0.164. The first-order valence-corrected chi connectivity index (χ1v) is 7.91. The zero-order chi connectivity index (χ0) is 15.8. The first-order valence-electron chi connectivity index (χ1n) is 7.91. The van der Waals surface area contributed by atoms with Crippen LogP contribution in [0.1, 0.15) is 46.0 Å². The Morgan fingerprint density at radius 2 is 1.82 bits per heavy atom. The minimum absolute atomic E-state index is 0. The number of aliphatic imine (C=N–C) groups is 1. The molecule has 0 bridgehead atoms. The van der Waals surface area contributed by atoms with Gasteiger partial charge in [-0.1, -0.05) is 12.8 Å². The van der Waals surface area contributed by atoms with Gasteiger partial charge in [-0.15, -0.1) is 24.0 Å². The van der Waals surface area contributed by atoms with E-state index in [-0.39, 0.29) is 29.9 Å². The zero-order valence-corrected chi connectivity index (χ0v) is 16.5. The van der Waals surface area contributed by atoms with Gasteiger partial charge < -0.3 is 20.1 Å². The summed E-state index contributed by atoms with van der Waals surface area (Å²) in [4.78, 5) is 15.4. The molecule has 2 N–H and O–H groups in total. The van der Waals surface area contributed by atoms with Crippen LogP contribution in [0.2, 0.25) is 0 Å². The molecule has 6 nitrogen and oxygen atoms in total. The fourth-order valence-electron chi connectivity index (χ4n) is 1.76. The van der Waals surface area contributed by atoms with E-state index < -0.39 is 0 Å². The molecular formula is C15H32IN3O3. The van der Waals surface area contributed by atoms with Crippen molar-refractivity contribution in [1.82, 2.24) is 10.6 Å². The summed E-state index contributed by atoms with van der Waals surface area (Å²) in [6, 6.07) is 0. The van der Waals surface area contributed by atoms with Crippen molar-refractivity contribution in [2.45, 2.75) is 46.0 Å². The van der Waals surface area contributed by atoms with Crippen LogP contribution in [0.5, 0.6) is 0 Å². The normalized spacial score (nSPS) is 10.8. The molecule has 0 atom stereocenters. The summed E-state index contributed by atoms with van der Waals surface area (Å²) in [7, 11) is 1.43. The summed E-state index contributed by atoms with van der Waals surface area (Å²) in [5.41, 5.74) is 0. The molecule has 0 fully saturated rings. The maximum Gasteiger partial charge on any atom is 0.305 e. The number of carbonyl (C=O) groups excluding carboxylic acids is 1. The van der Waals surface area contributed by atoms with E-state index in [0.717, 1.165) is 57.9 Å². The van der Waals surface area contributed by atoms with Crippen LogP contribution >= 0.6 is 24.0 Å². The molecule has 0 aromatic rings. The minimum Gasteiger partial charge on any atom is -0.469 e. The van der Waals surface area contributed by atoms with Crippen LogP contribution in [0.3, 0.4) is 0 Å². The first-order chi connectivity index (χ1) is 10.2. The fourth-order valence-corrected chi connectivity index (χ4v) is 1.76. The lowest BCUT2D eigenvalue weighted by Gasteiger charge is -2.11. The molecule has 0 amide bonds. The Labute approximate surface area is 151 Å². The number of guanidine groups is 1. The Balaban J connectivity index is 0. The number of unbranched alkanes of at least 4 members (excludes halogenated alkanes) is 3. The molecule has 0 aliphatic rings. The third-order valence-electron chi connectivity index (χ3n) is 2.87. The van der Waals surface area contributed by atoms with Crippen molar-refractivity contribution in [3.63, 3.8) is 0 Å². The van der Waals surface area contributed by atoms with Gasteiger partial charge in [0.05, 0.1) is 13.7 Å². The molecule has 0 aliphatic carbocycles. The van der Waals surface area contributed by atoms with E-state index in [1.54, 1.807) is 0 Å². The predicted octanol–water partition coefficient (Wildman–Crippen LogP) is 2.32. The molecule has 0 saturated carbocycles. The highest BCUT2D eigenvalue weighted by Gasteiger charge is 1.99. The maximum atomic E-state index is 10.9. The van der Waals surface area contributed by atoms with E-state index in [0.29, 0.717) is 13.0 Å². The number of halogens is 1. The number of methoxy groups -OCH3 is 1. The van der Waals surface area contributed by atoms with Crippen LogP contribution in [0.25, 0.3) is 0 Å². The molecule has 0 aromatic carbocycles. The largest absolute Gasteiger partial charge is 0.469 e. The number of nitrogens with one attached hydrogen (secondary N) is 2. The molecule has 0 unspecified atom stereocenters. The molecule has 0 aromatic heterocycles. The lowest BCUT2D eigenvalue weighted by molar-refractivity contribution is -0.140. The number of carbonyl (C=O) groups is 1. The van der Waals surface area contributed by atoms with Gasteiger partial charge in [0.1, 0.15) is 0 Å². The number of nitrogens with zero attached hydrogens (tertiary/aromatic N) is 1. The fraction of sp³-hybridized carbons (Fsp3) is 0.867. The van der Waals surface area contributed by atoms with Crippen LogP contribution < -0.4 is 10.6 Å². The minimum atomic E-state index is -0.124. The highest BCUT2D eigenvalue weighted by atomic mass is 127. The Bertz CT molecular complexity index is 289. The lowest BCUT2D eigenvalue weighted by atomic mass is 10.1. The molecule has 0 heterocycles. The molecule has 0 saturated heterocycles. The van der Waals surface area contributed by atoms with Gasteiger partial charge in [0, 0.05) is 32.7 Å². The average Bonchev–Trinajstić information content (AvgIpc) is 2.50. The number of ether oxygens (including phenoxy) is 2. The SMILES string of the molecule is CCNC(=NCCCCCCC(=O)OC)NCCOCC.I. The van der Waals surface area contributed by atoms with Crippen molar-refractivity contribution in [2.24, 2.45) is 4.99 Å². The van der Waals surface area contributed by atoms with Crippen molar-refractivity contribution >= 4 is 35.9 Å². The second-order valence-electron chi connectivity index (χ2n) is 4.62. The third kappa shape index (κ3) is 15.8. The summed E-state index contributed by atoms with van der Waals surface area (Å²) in [5, 5.41) is 6.44. The van der Waals surface area contributed by atoms with Gasteiger partial charge in [-0.05, 0) is 26.7 Å². The molecule has 0 radical (unpaired) electrons. The second-order valence-corrected chi connectivity index (χ2v) is 4.62. The Morgan fingerprint density at radius 3 is 2.45 bits per heavy atom. The molecule has 22 heavy (non-hydrogen) atoms. The number of hydrogen-bond acceptors (Lipinski definition) is 4. The van der Waals surface area contributed by atoms with Crippen LogP contribution in [-0.4, -0.2) is 51.9 Å². The number of hydrogen-bond donors (Lipinski definition) is 2. The van der Waals surface area contributed by atoms with Crippen molar-refractivity contribution < 1.29 is 14.3 Å². The predicted molar refractivity (Wildman–Crippen MR) is 101 cm³/mol. The molecule has 0 aliphatic heterocycles. The van der Waals surface area contributed by atoms with Gasteiger partial charge in [0.2, 0.25) is 0 Å². The highest BCUT2D eigenvalue weighted by molar-refractivity contribution is 14.0. The van der Waals surface area contributed by atoms with Crippen LogP contribution in [0.4, 0.5) is 0 Å². The summed E-state index contributed by atoms with van der Waals surface area (Å²) >= 11 is 0. The third-order valence-corrected chi connectivity index (χ3v) is 2.87. The highest BCUT2D eigenvalue weighted by Crippen LogP contribution is 2.03. The number of rotatable bonds is 12. The first kappa shape index (κ1) is 23.7. The topological polar surface area (TPSA) is 72.0 Å². The Kier molecular flexibility index (Phi) is 19.9.